The van der Waals surface area contributed by atoms with Gasteiger partial charge in [0.25, 0.3) is 0 Å². The minimum atomic E-state index is -1.36. The second-order valence-electron chi connectivity index (χ2n) is 1.74. The van der Waals surface area contributed by atoms with Crippen molar-refractivity contribution in [3.63, 3.8) is 0 Å². The van der Waals surface area contributed by atoms with Crippen molar-refractivity contribution in [3.8, 4) is 0 Å². The van der Waals surface area contributed by atoms with Crippen LogP contribution in [0.15, 0.2) is 6.33 Å². The number of hydrogen-bond donors (Lipinski definition) is 5. The summed E-state index contributed by atoms with van der Waals surface area (Å²) in [6.07, 6.45) is 1.02. The molecule has 7 N–H and O–H groups in total. The van der Waals surface area contributed by atoms with E-state index >= 15 is 0 Å². The fourth-order valence-electron chi connectivity index (χ4n) is 0.619. The predicted octanol–water partition coefficient (Wildman–Crippen LogP) is -1.38. The SMILES string of the molecule is NN.O=C(O)c1nc[nH]c1C(=O)O. The van der Waals surface area contributed by atoms with Gasteiger partial charge in [-0.05, 0) is 0 Å². The van der Waals surface area contributed by atoms with Gasteiger partial charge in [-0.15, -0.1) is 0 Å². The van der Waals surface area contributed by atoms with Gasteiger partial charge in [-0.1, -0.05) is 0 Å². The van der Waals surface area contributed by atoms with Gasteiger partial charge in [0.1, 0.15) is 0 Å². The number of aromatic nitrogens is 2. The molecule has 13 heavy (non-hydrogen) atoms. The maximum atomic E-state index is 10.3. The Balaban J connectivity index is 0.000000671. The zero-order valence-corrected chi connectivity index (χ0v) is 6.39. The molecule has 0 bridgehead atoms. The Morgan fingerprint density at radius 2 is 1.85 bits per heavy atom. The Morgan fingerprint density at radius 1 is 1.31 bits per heavy atom. The first kappa shape index (κ1) is 11.1. The van der Waals surface area contributed by atoms with E-state index in [0.29, 0.717) is 0 Å². The summed E-state index contributed by atoms with van der Waals surface area (Å²) >= 11 is 0. The molecule has 1 rings (SSSR count). The first-order chi connectivity index (χ1) is 6.13. The van der Waals surface area contributed by atoms with Crippen molar-refractivity contribution >= 4 is 11.9 Å². The average molecular weight is 188 g/mol. The van der Waals surface area contributed by atoms with Crippen LogP contribution in [0.5, 0.6) is 0 Å². The van der Waals surface area contributed by atoms with Crippen molar-refractivity contribution in [3.05, 3.63) is 17.7 Å². The molecule has 0 radical (unpaired) electrons. The third kappa shape index (κ3) is 2.54. The number of imidazole rings is 1. The van der Waals surface area contributed by atoms with Crippen LogP contribution in [0.4, 0.5) is 0 Å². The van der Waals surface area contributed by atoms with E-state index in [9.17, 15) is 9.59 Å². The van der Waals surface area contributed by atoms with Crippen LogP contribution in [-0.2, 0) is 0 Å². The van der Waals surface area contributed by atoms with Crippen molar-refractivity contribution in [2.24, 2.45) is 11.7 Å². The second kappa shape index (κ2) is 4.85. The van der Waals surface area contributed by atoms with Gasteiger partial charge < -0.3 is 15.2 Å². The lowest BCUT2D eigenvalue weighted by Crippen LogP contribution is -2.07. The number of nitrogens with two attached hydrogens (primary N) is 2. The standard InChI is InChI=1S/C5H4N2O4.H4N2/c8-4(9)2-3(5(10)11)7-1-6-2;1-2/h1H,(H,6,7)(H,8,9)(H,10,11);1-2H2. The molecule has 1 aromatic rings. The van der Waals surface area contributed by atoms with Crippen molar-refractivity contribution in [2.45, 2.75) is 0 Å². The van der Waals surface area contributed by atoms with Gasteiger partial charge in [-0.2, -0.15) is 0 Å². The number of nitrogens with one attached hydrogen (secondary N) is 1. The van der Waals surface area contributed by atoms with Crippen molar-refractivity contribution in [1.82, 2.24) is 9.97 Å². The molecule has 8 heteroatoms. The number of aromatic amines is 1. The maximum Gasteiger partial charge on any atom is 0.357 e. The van der Waals surface area contributed by atoms with E-state index in [0.717, 1.165) is 6.33 Å². The zero-order valence-electron chi connectivity index (χ0n) is 6.39. The number of aromatic carboxylic acids is 2. The first-order valence-corrected chi connectivity index (χ1v) is 2.96. The molecule has 0 amide bonds. The van der Waals surface area contributed by atoms with Crippen LogP contribution in [-0.4, -0.2) is 32.1 Å². The highest BCUT2D eigenvalue weighted by Gasteiger charge is 2.17. The number of nitrogens with zero attached hydrogens (tertiary/aromatic N) is 1. The largest absolute Gasteiger partial charge is 0.477 e. The molecule has 0 aromatic carbocycles. The Kier molecular flexibility index (Phi) is 4.13. The van der Waals surface area contributed by atoms with Crippen LogP contribution in [0.1, 0.15) is 21.0 Å². The van der Waals surface area contributed by atoms with Crippen LogP contribution in [0.2, 0.25) is 0 Å². The van der Waals surface area contributed by atoms with Gasteiger partial charge in [-0.3, -0.25) is 11.7 Å². The van der Waals surface area contributed by atoms with Gasteiger partial charge in [0.15, 0.2) is 11.4 Å². The lowest BCUT2D eigenvalue weighted by molar-refractivity contribution is 0.0644. The summed E-state index contributed by atoms with van der Waals surface area (Å²) in [4.78, 5) is 26.0. The topological polar surface area (TPSA) is 155 Å². The second-order valence-corrected chi connectivity index (χ2v) is 1.74. The monoisotopic (exact) mass is 188 g/mol. The van der Waals surface area contributed by atoms with Gasteiger partial charge in [-0.25, -0.2) is 14.6 Å². The highest BCUT2D eigenvalue weighted by molar-refractivity contribution is 5.98. The minimum absolute atomic E-state index is 0.405. The molecule has 72 valence electrons. The molecule has 0 aliphatic carbocycles. The molecule has 0 aliphatic heterocycles. The molecule has 0 atom stereocenters. The number of carbonyl (C=O) groups is 2. The number of hydrazine groups is 1. The Bertz CT molecular complexity index is 279. The van der Waals surface area contributed by atoms with E-state index in [1.54, 1.807) is 0 Å². The fourth-order valence-corrected chi connectivity index (χ4v) is 0.619. The fraction of sp³-hybridized carbons (Fsp3) is 0. The molecule has 0 fully saturated rings. The molecule has 0 unspecified atom stereocenters. The van der Waals surface area contributed by atoms with Crippen LogP contribution >= 0.6 is 0 Å². The normalized spacial score (nSPS) is 8.46. The summed E-state index contributed by atoms with van der Waals surface area (Å²) in [5.74, 6) is 5.31. The summed E-state index contributed by atoms with van der Waals surface area (Å²) in [7, 11) is 0. The summed E-state index contributed by atoms with van der Waals surface area (Å²) in [5.41, 5.74) is -0.880. The Labute approximate surface area is 72.2 Å². The van der Waals surface area contributed by atoms with E-state index < -0.39 is 23.3 Å². The predicted molar refractivity (Wildman–Crippen MR) is 40.9 cm³/mol. The lowest BCUT2D eigenvalue weighted by atomic mass is 10.3. The summed E-state index contributed by atoms with van der Waals surface area (Å²) < 4.78 is 0. The number of carboxylic acid groups (broad SMARTS) is 2. The van der Waals surface area contributed by atoms with E-state index in [1.807, 2.05) is 0 Å². The van der Waals surface area contributed by atoms with Crippen molar-refractivity contribution < 1.29 is 19.8 Å². The number of H-pyrrole nitrogens is 1. The quantitative estimate of drug-likeness (QED) is 0.283. The van der Waals surface area contributed by atoms with E-state index in [1.165, 1.54) is 0 Å². The van der Waals surface area contributed by atoms with E-state index in [2.05, 4.69) is 21.7 Å². The summed E-state index contributed by atoms with van der Waals surface area (Å²) in [5, 5.41) is 16.7. The molecular formula is C5H8N4O4. The van der Waals surface area contributed by atoms with Gasteiger partial charge in [0.05, 0.1) is 6.33 Å². The van der Waals surface area contributed by atoms with Crippen LogP contribution < -0.4 is 11.7 Å². The van der Waals surface area contributed by atoms with Gasteiger partial charge in [0, 0.05) is 0 Å². The highest BCUT2D eigenvalue weighted by Crippen LogP contribution is 2.01. The van der Waals surface area contributed by atoms with Crippen molar-refractivity contribution in [1.29, 1.82) is 0 Å². The number of rotatable bonds is 2. The Hall–Kier alpha value is -1.93. The molecule has 0 saturated heterocycles. The average Bonchev–Trinajstić information content (AvgIpc) is 2.55. The summed E-state index contributed by atoms with van der Waals surface area (Å²) in [6, 6.07) is 0. The first-order valence-electron chi connectivity index (χ1n) is 2.96. The van der Waals surface area contributed by atoms with E-state index in [4.69, 9.17) is 10.2 Å². The van der Waals surface area contributed by atoms with Crippen LogP contribution in [0, 0.1) is 0 Å². The molecule has 0 saturated carbocycles. The third-order valence-electron chi connectivity index (χ3n) is 1.06. The maximum absolute atomic E-state index is 10.3. The van der Waals surface area contributed by atoms with E-state index in [-0.39, 0.29) is 0 Å². The molecular weight excluding hydrogens is 180 g/mol. The third-order valence-corrected chi connectivity index (χ3v) is 1.06. The van der Waals surface area contributed by atoms with Crippen LogP contribution in [0.3, 0.4) is 0 Å². The highest BCUT2D eigenvalue weighted by atomic mass is 16.4. The number of hydrogen-bond acceptors (Lipinski definition) is 5. The Morgan fingerprint density at radius 3 is 2.15 bits per heavy atom. The molecule has 1 heterocycles. The van der Waals surface area contributed by atoms with Gasteiger partial charge in [0.2, 0.25) is 0 Å². The zero-order chi connectivity index (χ0) is 10.4. The van der Waals surface area contributed by atoms with Gasteiger partial charge >= 0.3 is 11.9 Å². The smallest absolute Gasteiger partial charge is 0.357 e. The summed E-state index contributed by atoms with van der Waals surface area (Å²) in [6.45, 7) is 0. The molecule has 8 nitrogen and oxygen atoms in total. The minimum Gasteiger partial charge on any atom is -0.477 e. The molecule has 0 spiro atoms. The van der Waals surface area contributed by atoms with Crippen molar-refractivity contribution in [2.75, 3.05) is 0 Å². The molecule has 0 aliphatic rings. The number of carboxylic acids is 2. The lowest BCUT2D eigenvalue weighted by Gasteiger charge is -1.88. The van der Waals surface area contributed by atoms with Crippen LogP contribution in [0.25, 0.3) is 0 Å². The molecule has 1 aromatic heterocycles.